The molecule has 0 bridgehead atoms. The molecule has 0 aliphatic carbocycles. The zero-order valence-corrected chi connectivity index (χ0v) is 6.92. The van der Waals surface area contributed by atoms with Crippen LogP contribution in [-0.4, -0.2) is 52.4 Å². The average Bonchev–Trinajstić information content (AvgIpc) is 2.32. The lowest BCUT2D eigenvalue weighted by molar-refractivity contribution is -0.0104. The van der Waals surface area contributed by atoms with Gasteiger partial charge in [0, 0.05) is 0 Å². The van der Waals surface area contributed by atoms with Gasteiger partial charge in [-0.1, -0.05) is 0 Å². The number of aliphatic hydroxyl groups excluding tert-OH is 3. The van der Waals surface area contributed by atoms with Crippen LogP contribution in [0.1, 0.15) is 6.92 Å². The van der Waals surface area contributed by atoms with Gasteiger partial charge in [0.1, 0.15) is 18.3 Å². The minimum Gasteiger partial charge on any atom is -0.395 e. The van der Waals surface area contributed by atoms with Gasteiger partial charge >= 0.3 is 0 Å². The molecule has 5 N–H and O–H groups in total. The quantitative estimate of drug-likeness (QED) is 0.384. The summed E-state index contributed by atoms with van der Waals surface area (Å²) < 4.78 is 5.15. The number of hydrogen-bond acceptors (Lipinski definition) is 5. The van der Waals surface area contributed by atoms with Crippen LogP contribution in [0.2, 0.25) is 0 Å². The van der Waals surface area contributed by atoms with Gasteiger partial charge in [-0.25, -0.2) is 0 Å². The van der Waals surface area contributed by atoms with Crippen molar-refractivity contribution in [3.8, 4) is 0 Å². The maximum absolute atomic E-state index is 9.36. The highest BCUT2D eigenvalue weighted by atomic mass is 16.5. The van der Waals surface area contributed by atoms with Crippen molar-refractivity contribution in [3.05, 3.63) is 0 Å². The van der Waals surface area contributed by atoms with Crippen molar-refractivity contribution in [2.45, 2.75) is 37.4 Å². The molecule has 0 aromatic rings. The Hall–Kier alpha value is -0.200. The van der Waals surface area contributed by atoms with Crippen molar-refractivity contribution in [1.29, 1.82) is 0 Å². The molecular formula is C7H15NO4. The molecule has 12 heavy (non-hydrogen) atoms. The summed E-state index contributed by atoms with van der Waals surface area (Å²) in [6, 6.07) is -0.639. The van der Waals surface area contributed by atoms with Crippen LogP contribution in [0.15, 0.2) is 0 Å². The molecule has 0 spiro atoms. The normalized spacial score (nSPS) is 44.8. The van der Waals surface area contributed by atoms with E-state index < -0.39 is 30.5 Å². The van der Waals surface area contributed by atoms with Crippen molar-refractivity contribution in [1.82, 2.24) is 0 Å². The first-order valence-electron chi connectivity index (χ1n) is 3.96. The van der Waals surface area contributed by atoms with Crippen LogP contribution < -0.4 is 5.73 Å². The third kappa shape index (κ3) is 1.60. The lowest BCUT2D eigenvalue weighted by Gasteiger charge is -2.19. The fraction of sp³-hybridized carbons (Fsp3) is 1.00. The summed E-state index contributed by atoms with van der Waals surface area (Å²) in [4.78, 5) is 0. The molecule has 1 rings (SSSR count). The Morgan fingerprint density at radius 2 is 2.00 bits per heavy atom. The van der Waals surface area contributed by atoms with Gasteiger partial charge < -0.3 is 25.8 Å². The number of hydrogen-bond donors (Lipinski definition) is 4. The monoisotopic (exact) mass is 177 g/mol. The summed E-state index contributed by atoms with van der Waals surface area (Å²) >= 11 is 0. The molecule has 0 amide bonds. The molecule has 1 fully saturated rings. The van der Waals surface area contributed by atoms with Crippen molar-refractivity contribution in [3.63, 3.8) is 0 Å². The third-order valence-electron chi connectivity index (χ3n) is 2.17. The smallest absolute Gasteiger partial charge is 0.110 e. The minimum atomic E-state index is -0.998. The van der Waals surface area contributed by atoms with E-state index in [1.807, 2.05) is 0 Å². The minimum absolute atomic E-state index is 0.263. The molecule has 0 radical (unpaired) electrons. The predicted octanol–water partition coefficient (Wildman–Crippen LogP) is -2.18. The molecule has 2 unspecified atom stereocenters. The first-order chi connectivity index (χ1) is 5.57. The molecule has 1 heterocycles. The molecule has 72 valence electrons. The number of nitrogens with two attached hydrogens (primary N) is 1. The summed E-state index contributed by atoms with van der Waals surface area (Å²) in [5.41, 5.74) is 5.45. The van der Waals surface area contributed by atoms with Crippen molar-refractivity contribution < 1.29 is 20.1 Å². The SMILES string of the molecule is C[C@@H]1O[C@H](C(N)CO)[C@H](O)C1O. The number of rotatable bonds is 2. The second-order valence-corrected chi connectivity index (χ2v) is 3.13. The first kappa shape index (κ1) is 9.88. The number of ether oxygens (including phenoxy) is 1. The Bertz CT molecular complexity index is 154. The molecule has 5 nitrogen and oxygen atoms in total. The van der Waals surface area contributed by atoms with E-state index in [2.05, 4.69) is 0 Å². The average molecular weight is 177 g/mol. The molecule has 5 heteroatoms. The van der Waals surface area contributed by atoms with Crippen LogP contribution in [0.25, 0.3) is 0 Å². The van der Waals surface area contributed by atoms with Gasteiger partial charge in [0.05, 0.1) is 18.8 Å². The number of aliphatic hydroxyl groups is 3. The van der Waals surface area contributed by atoms with Crippen LogP contribution in [0, 0.1) is 0 Å². The second kappa shape index (κ2) is 3.68. The largest absolute Gasteiger partial charge is 0.395 e. The van der Waals surface area contributed by atoms with Gasteiger partial charge in [-0.2, -0.15) is 0 Å². The van der Waals surface area contributed by atoms with Crippen LogP contribution >= 0.6 is 0 Å². The van der Waals surface area contributed by atoms with Crippen LogP contribution in [0.4, 0.5) is 0 Å². The maximum Gasteiger partial charge on any atom is 0.110 e. The van der Waals surface area contributed by atoms with E-state index in [0.717, 1.165) is 0 Å². The molecule has 5 atom stereocenters. The maximum atomic E-state index is 9.36. The highest BCUT2D eigenvalue weighted by Crippen LogP contribution is 2.22. The summed E-state index contributed by atoms with van der Waals surface area (Å²) in [6.07, 6.45) is -3.00. The first-order valence-corrected chi connectivity index (χ1v) is 3.96. The molecule has 0 aromatic carbocycles. The van der Waals surface area contributed by atoms with E-state index in [9.17, 15) is 10.2 Å². The Kier molecular flexibility index (Phi) is 3.03. The fourth-order valence-corrected chi connectivity index (χ4v) is 1.34. The van der Waals surface area contributed by atoms with Crippen molar-refractivity contribution in [2.75, 3.05) is 6.61 Å². The predicted molar refractivity (Wildman–Crippen MR) is 41.4 cm³/mol. The van der Waals surface area contributed by atoms with E-state index in [-0.39, 0.29) is 6.61 Å². The lowest BCUT2D eigenvalue weighted by atomic mass is 10.0. The summed E-state index contributed by atoms with van der Waals surface area (Å²) in [6.45, 7) is 1.39. The summed E-state index contributed by atoms with van der Waals surface area (Å²) in [7, 11) is 0. The van der Waals surface area contributed by atoms with Gasteiger partial charge in [0.15, 0.2) is 0 Å². The van der Waals surface area contributed by atoms with Gasteiger partial charge in [0.25, 0.3) is 0 Å². The molecule has 0 saturated carbocycles. The zero-order chi connectivity index (χ0) is 9.30. The topological polar surface area (TPSA) is 95.9 Å². The standard InChI is InChI=1S/C7H15NO4/c1-3-5(10)6(11)7(12-3)4(8)2-9/h3-7,9-11H,2,8H2,1H3/t3-,4?,5?,6+,7+/m0/s1. The highest BCUT2D eigenvalue weighted by molar-refractivity contribution is 4.93. The lowest BCUT2D eigenvalue weighted by Crippen LogP contribution is -2.45. The van der Waals surface area contributed by atoms with Crippen molar-refractivity contribution >= 4 is 0 Å². The molecule has 1 aliphatic rings. The Labute approximate surface area is 70.8 Å². The van der Waals surface area contributed by atoms with Gasteiger partial charge in [-0.15, -0.1) is 0 Å². The Morgan fingerprint density at radius 1 is 1.42 bits per heavy atom. The van der Waals surface area contributed by atoms with Crippen LogP contribution in [0.3, 0.4) is 0 Å². The molecule has 1 aliphatic heterocycles. The van der Waals surface area contributed by atoms with E-state index >= 15 is 0 Å². The highest BCUT2D eigenvalue weighted by Gasteiger charge is 2.42. The second-order valence-electron chi connectivity index (χ2n) is 3.13. The van der Waals surface area contributed by atoms with Gasteiger partial charge in [-0.3, -0.25) is 0 Å². The summed E-state index contributed by atoms with van der Waals surface area (Å²) in [5, 5.41) is 27.3. The zero-order valence-electron chi connectivity index (χ0n) is 6.92. The van der Waals surface area contributed by atoms with E-state index in [1.54, 1.807) is 6.92 Å². The van der Waals surface area contributed by atoms with Crippen LogP contribution in [-0.2, 0) is 4.74 Å². The molecule has 0 aromatic heterocycles. The third-order valence-corrected chi connectivity index (χ3v) is 2.17. The molecular weight excluding hydrogens is 162 g/mol. The van der Waals surface area contributed by atoms with Gasteiger partial charge in [-0.05, 0) is 6.92 Å². The van der Waals surface area contributed by atoms with E-state index in [1.165, 1.54) is 0 Å². The van der Waals surface area contributed by atoms with E-state index in [0.29, 0.717) is 0 Å². The molecule has 1 saturated heterocycles. The summed E-state index contributed by atoms with van der Waals surface area (Å²) in [5.74, 6) is 0. The van der Waals surface area contributed by atoms with Crippen molar-refractivity contribution in [2.24, 2.45) is 5.73 Å². The van der Waals surface area contributed by atoms with Crippen LogP contribution in [0.5, 0.6) is 0 Å². The Morgan fingerprint density at radius 3 is 2.33 bits per heavy atom. The van der Waals surface area contributed by atoms with E-state index in [4.69, 9.17) is 15.6 Å². The van der Waals surface area contributed by atoms with Gasteiger partial charge in [0.2, 0.25) is 0 Å². The fourth-order valence-electron chi connectivity index (χ4n) is 1.34. The Balaban J connectivity index is 2.58.